The van der Waals surface area contributed by atoms with Crippen molar-refractivity contribution in [2.75, 3.05) is 22.9 Å². The number of halogens is 2. The minimum absolute atomic E-state index is 0.286. The average molecular weight is 320 g/mol. The van der Waals surface area contributed by atoms with Crippen molar-refractivity contribution in [2.45, 2.75) is 0 Å². The fourth-order valence-electron chi connectivity index (χ4n) is 1.34. The van der Waals surface area contributed by atoms with Gasteiger partial charge in [0, 0.05) is 24.2 Å². The van der Waals surface area contributed by atoms with Crippen LogP contribution in [0.15, 0.2) is 18.3 Å². The molecule has 2 aromatic rings. The Bertz CT molecular complexity index is 470. The largest absolute Gasteiger partial charge is 0.343 e. The van der Waals surface area contributed by atoms with Gasteiger partial charge in [-0.1, -0.05) is 22.6 Å². The van der Waals surface area contributed by atoms with Gasteiger partial charge in [0.2, 0.25) is 5.95 Å². The Morgan fingerprint density at radius 2 is 2.27 bits per heavy atom. The predicted molar refractivity (Wildman–Crippen MR) is 65.1 cm³/mol. The third-order valence-electron chi connectivity index (χ3n) is 2.11. The number of alkyl halides is 1. The molecule has 0 radical (unpaired) electrons. The van der Waals surface area contributed by atoms with Crippen LogP contribution in [0.2, 0.25) is 0 Å². The Morgan fingerprint density at radius 3 is 3.00 bits per heavy atom. The topological polar surface area (TPSA) is 33.4 Å². The number of pyridine rings is 1. The second-order valence-electron chi connectivity index (χ2n) is 3.19. The van der Waals surface area contributed by atoms with Crippen molar-refractivity contribution in [1.82, 2.24) is 14.6 Å². The van der Waals surface area contributed by atoms with E-state index in [9.17, 15) is 4.39 Å². The molecule has 2 rings (SSSR count). The first-order valence-corrected chi connectivity index (χ1v) is 6.02. The molecule has 0 aliphatic heterocycles. The van der Waals surface area contributed by atoms with Crippen molar-refractivity contribution in [3.63, 3.8) is 0 Å². The molecule has 4 nitrogen and oxygen atoms in total. The van der Waals surface area contributed by atoms with Crippen LogP contribution in [0.3, 0.4) is 0 Å². The van der Waals surface area contributed by atoms with E-state index in [-0.39, 0.29) is 5.82 Å². The molecule has 0 amide bonds. The van der Waals surface area contributed by atoms with Crippen LogP contribution >= 0.6 is 22.6 Å². The maximum Gasteiger partial charge on any atom is 0.231 e. The van der Waals surface area contributed by atoms with E-state index in [0.29, 0.717) is 11.6 Å². The summed E-state index contributed by atoms with van der Waals surface area (Å²) in [5.41, 5.74) is 0.659. The van der Waals surface area contributed by atoms with Gasteiger partial charge >= 0.3 is 0 Å². The van der Waals surface area contributed by atoms with Crippen LogP contribution < -0.4 is 4.90 Å². The summed E-state index contributed by atoms with van der Waals surface area (Å²) in [5, 5.41) is 7.99. The summed E-state index contributed by atoms with van der Waals surface area (Å²) in [5.74, 6) is 0.382. The molecule has 0 bridgehead atoms. The number of rotatable bonds is 3. The third-order valence-corrected chi connectivity index (χ3v) is 2.59. The highest BCUT2D eigenvalue weighted by Crippen LogP contribution is 2.12. The summed E-state index contributed by atoms with van der Waals surface area (Å²) in [7, 11) is 1.92. The second-order valence-corrected chi connectivity index (χ2v) is 4.26. The summed E-state index contributed by atoms with van der Waals surface area (Å²) in [4.78, 5) is 1.95. The third kappa shape index (κ3) is 2.04. The van der Waals surface area contributed by atoms with Crippen molar-refractivity contribution in [3.05, 3.63) is 24.1 Å². The SMILES string of the molecule is CN(CCI)c1nnc2ccc(F)cn12. The van der Waals surface area contributed by atoms with Crippen LogP contribution in [0, 0.1) is 5.82 Å². The summed E-state index contributed by atoms with van der Waals surface area (Å²) < 4.78 is 15.7. The number of aromatic nitrogens is 3. The molecule has 0 atom stereocenters. The van der Waals surface area contributed by atoms with Crippen molar-refractivity contribution >= 4 is 34.2 Å². The van der Waals surface area contributed by atoms with E-state index in [2.05, 4.69) is 32.8 Å². The van der Waals surface area contributed by atoms with Gasteiger partial charge in [0.15, 0.2) is 5.65 Å². The fourth-order valence-corrected chi connectivity index (χ4v) is 2.06. The molecule has 0 N–H and O–H groups in total. The van der Waals surface area contributed by atoms with Crippen LogP contribution in [0.1, 0.15) is 0 Å². The fraction of sp³-hybridized carbons (Fsp3) is 0.333. The Labute approximate surface area is 100 Å². The maximum atomic E-state index is 13.0. The number of nitrogens with zero attached hydrogens (tertiary/aromatic N) is 4. The molecule has 0 spiro atoms. The lowest BCUT2D eigenvalue weighted by Crippen LogP contribution is -2.21. The maximum absolute atomic E-state index is 13.0. The highest BCUT2D eigenvalue weighted by molar-refractivity contribution is 14.1. The lowest BCUT2D eigenvalue weighted by atomic mass is 10.4. The van der Waals surface area contributed by atoms with E-state index in [1.807, 2.05) is 11.9 Å². The van der Waals surface area contributed by atoms with E-state index in [1.165, 1.54) is 12.3 Å². The molecule has 0 aliphatic carbocycles. The first-order valence-electron chi connectivity index (χ1n) is 4.50. The standard InChI is InChI=1S/C9H10FIN4/c1-14(5-4-11)9-13-12-8-3-2-7(10)6-15(8)9/h2-3,6H,4-5H2,1H3. The van der Waals surface area contributed by atoms with Gasteiger partial charge in [-0.05, 0) is 12.1 Å². The van der Waals surface area contributed by atoms with Crippen molar-refractivity contribution < 1.29 is 4.39 Å². The van der Waals surface area contributed by atoms with Gasteiger partial charge in [0.25, 0.3) is 0 Å². The lowest BCUT2D eigenvalue weighted by Gasteiger charge is -2.14. The predicted octanol–water partition coefficient (Wildman–Crippen LogP) is 1.74. The Hall–Kier alpha value is -0.920. The van der Waals surface area contributed by atoms with Crippen LogP contribution in [0.5, 0.6) is 0 Å². The molecule has 0 saturated heterocycles. The number of anilines is 1. The molecule has 0 aromatic carbocycles. The lowest BCUT2D eigenvalue weighted by molar-refractivity contribution is 0.619. The summed E-state index contributed by atoms with van der Waals surface area (Å²) in [6.07, 6.45) is 1.40. The van der Waals surface area contributed by atoms with Gasteiger partial charge < -0.3 is 4.90 Å². The summed E-state index contributed by atoms with van der Waals surface area (Å²) in [6, 6.07) is 3.00. The van der Waals surface area contributed by atoms with Gasteiger partial charge in [0.1, 0.15) is 5.82 Å². The van der Waals surface area contributed by atoms with E-state index < -0.39 is 0 Å². The first-order chi connectivity index (χ1) is 7.22. The van der Waals surface area contributed by atoms with Gasteiger partial charge in [-0.3, -0.25) is 4.40 Å². The normalized spacial score (nSPS) is 10.9. The molecule has 0 aliphatic rings. The Morgan fingerprint density at radius 1 is 1.47 bits per heavy atom. The number of hydrogen-bond acceptors (Lipinski definition) is 3. The van der Waals surface area contributed by atoms with Crippen LogP contribution in [0.4, 0.5) is 10.3 Å². The van der Waals surface area contributed by atoms with Gasteiger partial charge in [0.05, 0.1) is 0 Å². The highest BCUT2D eigenvalue weighted by atomic mass is 127. The molecule has 0 unspecified atom stereocenters. The molecule has 80 valence electrons. The van der Waals surface area contributed by atoms with Crippen LogP contribution in [-0.2, 0) is 0 Å². The Kier molecular flexibility index (Phi) is 3.03. The van der Waals surface area contributed by atoms with E-state index in [1.54, 1.807) is 10.5 Å². The minimum atomic E-state index is -0.286. The zero-order valence-electron chi connectivity index (χ0n) is 8.19. The van der Waals surface area contributed by atoms with E-state index >= 15 is 0 Å². The molecule has 2 aromatic heterocycles. The molecule has 0 fully saturated rings. The second kappa shape index (κ2) is 4.30. The van der Waals surface area contributed by atoms with Crippen LogP contribution in [-0.4, -0.2) is 32.6 Å². The zero-order chi connectivity index (χ0) is 10.8. The smallest absolute Gasteiger partial charge is 0.231 e. The first kappa shape index (κ1) is 10.6. The average Bonchev–Trinajstić information content (AvgIpc) is 2.60. The summed E-state index contributed by atoms with van der Waals surface area (Å²) >= 11 is 2.28. The number of fused-ring (bicyclic) bond motifs is 1. The zero-order valence-corrected chi connectivity index (χ0v) is 10.3. The molecule has 2 heterocycles. The van der Waals surface area contributed by atoms with Crippen molar-refractivity contribution in [1.29, 1.82) is 0 Å². The van der Waals surface area contributed by atoms with Gasteiger partial charge in [-0.25, -0.2) is 4.39 Å². The minimum Gasteiger partial charge on any atom is -0.343 e. The van der Waals surface area contributed by atoms with Crippen molar-refractivity contribution in [3.8, 4) is 0 Å². The quantitative estimate of drug-likeness (QED) is 0.638. The van der Waals surface area contributed by atoms with Gasteiger partial charge in [-0.2, -0.15) is 0 Å². The van der Waals surface area contributed by atoms with Crippen molar-refractivity contribution in [2.24, 2.45) is 0 Å². The van der Waals surface area contributed by atoms with E-state index in [0.717, 1.165) is 11.0 Å². The molecular formula is C9H10FIN4. The van der Waals surface area contributed by atoms with Crippen LogP contribution in [0.25, 0.3) is 5.65 Å². The Balaban J connectivity index is 2.47. The highest BCUT2D eigenvalue weighted by Gasteiger charge is 2.09. The van der Waals surface area contributed by atoms with E-state index in [4.69, 9.17) is 0 Å². The monoisotopic (exact) mass is 320 g/mol. The molecule has 6 heteroatoms. The number of hydrogen-bond donors (Lipinski definition) is 0. The summed E-state index contributed by atoms with van der Waals surface area (Å²) in [6.45, 7) is 0.859. The molecule has 15 heavy (non-hydrogen) atoms. The van der Waals surface area contributed by atoms with Gasteiger partial charge in [-0.15, -0.1) is 10.2 Å². The molecule has 0 saturated carbocycles. The molecular weight excluding hydrogens is 310 g/mol.